The van der Waals surface area contributed by atoms with Gasteiger partial charge in [-0.05, 0) is 36.4 Å². The van der Waals surface area contributed by atoms with Crippen molar-refractivity contribution >= 4 is 28.9 Å². The standard InChI is InChI=1S/C22H21ClF3N3O2/c1-29-4-5-31-11-13(29)10-27-20-9-15-14(8-18(25)21(26)22(15)28-20)19(30)7-12-2-3-17(24)16(23)6-12/h2-3,6,8,13H,4-5,7,9-11H2,1H3,(H,27,28). The van der Waals surface area contributed by atoms with Crippen LogP contribution in [0.3, 0.4) is 0 Å². The molecule has 0 spiro atoms. The lowest BCUT2D eigenvalue weighted by molar-refractivity contribution is 0.00966. The number of ether oxygens (including phenoxy) is 1. The normalized spacial score (nSPS) is 20.0. The molecule has 4 rings (SSSR count). The van der Waals surface area contributed by atoms with Gasteiger partial charge in [0.2, 0.25) is 0 Å². The van der Waals surface area contributed by atoms with Crippen molar-refractivity contribution in [2.45, 2.75) is 18.9 Å². The predicted molar refractivity (Wildman–Crippen MR) is 113 cm³/mol. The van der Waals surface area contributed by atoms with E-state index >= 15 is 0 Å². The van der Waals surface area contributed by atoms with Gasteiger partial charge in [-0.3, -0.25) is 14.7 Å². The summed E-state index contributed by atoms with van der Waals surface area (Å²) in [5, 5.41) is 2.72. The van der Waals surface area contributed by atoms with Gasteiger partial charge < -0.3 is 10.1 Å². The molecule has 0 saturated carbocycles. The molecule has 5 nitrogen and oxygen atoms in total. The molecule has 1 unspecified atom stereocenters. The Kier molecular flexibility index (Phi) is 6.31. The zero-order chi connectivity index (χ0) is 22.1. The molecule has 2 aliphatic heterocycles. The third-order valence-corrected chi connectivity index (χ3v) is 5.89. The van der Waals surface area contributed by atoms with Crippen molar-refractivity contribution < 1.29 is 22.7 Å². The van der Waals surface area contributed by atoms with Crippen molar-refractivity contribution in [2.75, 3.05) is 38.7 Å². The zero-order valence-electron chi connectivity index (χ0n) is 16.9. The summed E-state index contributed by atoms with van der Waals surface area (Å²) in [6.45, 7) is 2.46. The number of hydrogen-bond donors (Lipinski definition) is 1. The summed E-state index contributed by atoms with van der Waals surface area (Å²) < 4.78 is 47.5. The number of fused-ring (bicyclic) bond motifs is 1. The number of likely N-dealkylation sites (N-methyl/N-ethyl adjacent to an activating group) is 1. The minimum atomic E-state index is -1.12. The first-order valence-corrected chi connectivity index (χ1v) is 10.3. The van der Waals surface area contributed by atoms with Crippen molar-refractivity contribution in [3.63, 3.8) is 0 Å². The highest BCUT2D eigenvalue weighted by Gasteiger charge is 2.29. The molecule has 31 heavy (non-hydrogen) atoms. The lowest BCUT2D eigenvalue weighted by atomic mass is 9.96. The van der Waals surface area contributed by atoms with Gasteiger partial charge in [-0.1, -0.05) is 17.7 Å². The van der Waals surface area contributed by atoms with Crippen molar-refractivity contribution in [2.24, 2.45) is 4.99 Å². The molecular weight excluding hydrogens is 431 g/mol. The number of ketones is 1. The molecule has 1 fully saturated rings. The molecular formula is C22H21ClF3N3O2. The number of nitrogens with zero attached hydrogens (tertiary/aromatic N) is 2. The van der Waals surface area contributed by atoms with E-state index in [-0.39, 0.29) is 35.2 Å². The van der Waals surface area contributed by atoms with Gasteiger partial charge in [-0.2, -0.15) is 0 Å². The minimum Gasteiger partial charge on any atom is -0.378 e. The lowest BCUT2D eigenvalue weighted by Crippen LogP contribution is -2.44. The number of Topliss-reactive ketones (excluding diaryl/α,β-unsaturated/α-hetero) is 1. The molecule has 1 atom stereocenters. The summed E-state index contributed by atoms with van der Waals surface area (Å²) in [6.07, 6.45) is 0.0727. The zero-order valence-corrected chi connectivity index (χ0v) is 17.6. The molecule has 2 aromatic rings. The van der Waals surface area contributed by atoms with E-state index in [2.05, 4.69) is 15.2 Å². The second-order valence-electron chi connectivity index (χ2n) is 7.72. The van der Waals surface area contributed by atoms with Crippen molar-refractivity contribution in [3.05, 3.63) is 63.4 Å². The number of carbonyl (C=O) groups is 1. The lowest BCUT2D eigenvalue weighted by Gasteiger charge is -2.31. The number of morpholine rings is 1. The maximum absolute atomic E-state index is 14.4. The van der Waals surface area contributed by atoms with Crippen molar-refractivity contribution in [1.29, 1.82) is 0 Å². The quantitative estimate of drug-likeness (QED) is 0.701. The Morgan fingerprint density at radius 3 is 2.84 bits per heavy atom. The summed E-state index contributed by atoms with van der Waals surface area (Å²) in [5.74, 6) is -2.70. The van der Waals surface area contributed by atoms with Gasteiger partial charge in [0.15, 0.2) is 17.4 Å². The summed E-state index contributed by atoms with van der Waals surface area (Å²) in [5.41, 5.74) is 0.858. The van der Waals surface area contributed by atoms with Crippen LogP contribution < -0.4 is 5.32 Å². The van der Waals surface area contributed by atoms with Gasteiger partial charge in [0.1, 0.15) is 11.7 Å². The molecule has 0 aromatic heterocycles. The van der Waals surface area contributed by atoms with Crippen LogP contribution in [0, 0.1) is 17.5 Å². The van der Waals surface area contributed by atoms with Crippen LogP contribution in [0.5, 0.6) is 0 Å². The van der Waals surface area contributed by atoms with Gasteiger partial charge in [0.25, 0.3) is 0 Å². The Morgan fingerprint density at radius 2 is 2.10 bits per heavy atom. The fourth-order valence-corrected chi connectivity index (χ4v) is 3.96. The predicted octanol–water partition coefficient (Wildman–Crippen LogP) is 3.88. The summed E-state index contributed by atoms with van der Waals surface area (Å²) in [7, 11) is 1.98. The number of rotatable bonds is 5. The van der Waals surface area contributed by atoms with Gasteiger partial charge in [-0.15, -0.1) is 0 Å². The first kappa shape index (κ1) is 21.8. The minimum absolute atomic E-state index is 0.0625. The van der Waals surface area contributed by atoms with Crippen molar-refractivity contribution in [3.8, 4) is 0 Å². The highest BCUT2D eigenvalue weighted by Crippen LogP contribution is 2.33. The Hall–Kier alpha value is -2.42. The highest BCUT2D eigenvalue weighted by atomic mass is 35.5. The van der Waals surface area contributed by atoms with Crippen LogP contribution in [0.4, 0.5) is 18.9 Å². The number of anilines is 1. The molecule has 0 bridgehead atoms. The van der Waals surface area contributed by atoms with E-state index in [0.29, 0.717) is 36.7 Å². The van der Waals surface area contributed by atoms with Crippen LogP contribution in [-0.4, -0.2) is 55.9 Å². The van der Waals surface area contributed by atoms with Gasteiger partial charge in [0, 0.05) is 24.9 Å². The Balaban J connectivity index is 1.56. The van der Waals surface area contributed by atoms with Crippen LogP contribution in [0.15, 0.2) is 29.3 Å². The highest BCUT2D eigenvalue weighted by molar-refractivity contribution is 6.30. The second kappa shape index (κ2) is 8.98. The van der Waals surface area contributed by atoms with Crippen LogP contribution >= 0.6 is 11.6 Å². The number of halogens is 4. The fraction of sp³-hybridized carbons (Fsp3) is 0.364. The molecule has 0 radical (unpaired) electrons. The van der Waals surface area contributed by atoms with E-state index in [0.717, 1.165) is 12.6 Å². The van der Waals surface area contributed by atoms with E-state index in [4.69, 9.17) is 16.3 Å². The monoisotopic (exact) mass is 451 g/mol. The Bertz CT molecular complexity index is 1060. The average molecular weight is 452 g/mol. The largest absolute Gasteiger partial charge is 0.378 e. The molecule has 1 saturated heterocycles. The fourth-order valence-electron chi connectivity index (χ4n) is 3.75. The van der Waals surface area contributed by atoms with Crippen LogP contribution in [0.2, 0.25) is 5.02 Å². The Labute approximate surface area is 182 Å². The van der Waals surface area contributed by atoms with Crippen LogP contribution in [-0.2, 0) is 17.6 Å². The second-order valence-corrected chi connectivity index (χ2v) is 8.13. The molecule has 164 valence electrons. The van der Waals surface area contributed by atoms with Crippen LogP contribution in [0.25, 0.3) is 0 Å². The number of hydrogen-bond acceptors (Lipinski definition) is 4. The van der Waals surface area contributed by atoms with E-state index in [9.17, 15) is 18.0 Å². The molecule has 9 heteroatoms. The van der Waals surface area contributed by atoms with Crippen LogP contribution in [0.1, 0.15) is 21.5 Å². The first-order chi connectivity index (χ1) is 14.8. The maximum Gasteiger partial charge on any atom is 0.182 e. The topological polar surface area (TPSA) is 53.9 Å². The van der Waals surface area contributed by atoms with Gasteiger partial charge in [0.05, 0.1) is 36.5 Å². The summed E-state index contributed by atoms with van der Waals surface area (Å²) >= 11 is 5.78. The average Bonchev–Trinajstić information content (AvgIpc) is 3.17. The van der Waals surface area contributed by atoms with Crippen molar-refractivity contribution in [1.82, 2.24) is 4.90 Å². The smallest absolute Gasteiger partial charge is 0.182 e. The number of carbonyl (C=O) groups excluding carboxylic acids is 1. The molecule has 1 N–H and O–H groups in total. The number of nitrogens with one attached hydrogen (secondary N) is 1. The maximum atomic E-state index is 14.4. The summed E-state index contributed by atoms with van der Waals surface area (Å²) in [6, 6.07) is 4.96. The van der Waals surface area contributed by atoms with E-state index < -0.39 is 23.2 Å². The molecule has 0 aliphatic carbocycles. The first-order valence-electron chi connectivity index (χ1n) is 9.89. The van der Waals surface area contributed by atoms with Gasteiger partial charge in [-0.25, -0.2) is 13.2 Å². The third-order valence-electron chi connectivity index (χ3n) is 5.60. The summed E-state index contributed by atoms with van der Waals surface area (Å²) in [4.78, 5) is 19.5. The van der Waals surface area contributed by atoms with E-state index in [1.54, 1.807) is 0 Å². The third kappa shape index (κ3) is 4.61. The Morgan fingerprint density at radius 1 is 1.29 bits per heavy atom. The van der Waals surface area contributed by atoms with E-state index in [1.807, 2.05) is 7.05 Å². The molecule has 2 aliphatic rings. The molecule has 2 heterocycles. The number of aliphatic imine (C=N–C) groups is 1. The van der Waals surface area contributed by atoms with E-state index in [1.165, 1.54) is 18.2 Å². The number of benzene rings is 2. The SMILES string of the molecule is CN1CCOCC1CN=C1Cc2c(C(=O)Cc3ccc(F)c(Cl)c3)cc(F)c(F)c2N1. The number of amidine groups is 1. The van der Waals surface area contributed by atoms with Gasteiger partial charge >= 0.3 is 0 Å². The molecule has 2 aromatic carbocycles. The molecule has 0 amide bonds.